The van der Waals surface area contributed by atoms with Gasteiger partial charge in [-0.25, -0.2) is 0 Å². The van der Waals surface area contributed by atoms with Crippen LogP contribution in [-0.4, -0.2) is 43.0 Å². The molecule has 1 amide bonds. The third kappa shape index (κ3) is 2.84. The molecule has 21 heavy (non-hydrogen) atoms. The molecule has 0 unspecified atom stereocenters. The fourth-order valence-electron chi connectivity index (χ4n) is 2.97. The lowest BCUT2D eigenvalue weighted by Gasteiger charge is -2.35. The third-order valence-electron chi connectivity index (χ3n) is 4.09. The average Bonchev–Trinajstić information content (AvgIpc) is 3.07. The molecule has 0 bridgehead atoms. The number of amides is 1. The summed E-state index contributed by atoms with van der Waals surface area (Å²) in [4.78, 5) is 14.7. The number of nitrogens with zero attached hydrogens (tertiary/aromatic N) is 5. The average molecular weight is 287 g/mol. The van der Waals surface area contributed by atoms with Gasteiger partial charge in [0.25, 0.3) is 5.91 Å². The first-order valence-corrected chi connectivity index (χ1v) is 7.43. The molecule has 0 spiro atoms. The lowest BCUT2D eigenvalue weighted by atomic mass is 10.0. The number of aryl methyl sites for hydroxylation is 2. The number of piperidine rings is 1. The van der Waals surface area contributed by atoms with E-state index in [0.717, 1.165) is 31.5 Å². The Balaban J connectivity index is 1.78. The van der Waals surface area contributed by atoms with E-state index in [4.69, 9.17) is 0 Å². The van der Waals surface area contributed by atoms with Crippen LogP contribution in [0.5, 0.6) is 0 Å². The summed E-state index contributed by atoms with van der Waals surface area (Å²) >= 11 is 0. The number of hydrogen-bond acceptors (Lipinski definition) is 3. The van der Waals surface area contributed by atoms with Gasteiger partial charge in [-0.1, -0.05) is 0 Å². The summed E-state index contributed by atoms with van der Waals surface area (Å²) in [5, 5.41) is 8.44. The van der Waals surface area contributed by atoms with E-state index in [2.05, 4.69) is 10.2 Å². The molecule has 3 heterocycles. The van der Waals surface area contributed by atoms with Crippen molar-refractivity contribution in [1.29, 1.82) is 0 Å². The Bertz CT molecular complexity index is 630. The Morgan fingerprint density at radius 3 is 2.90 bits per heavy atom. The number of hydrogen-bond donors (Lipinski definition) is 0. The van der Waals surface area contributed by atoms with Gasteiger partial charge in [0, 0.05) is 26.0 Å². The van der Waals surface area contributed by atoms with Crippen LogP contribution < -0.4 is 0 Å². The Kier molecular flexibility index (Phi) is 3.77. The predicted octanol–water partition coefficient (Wildman–Crippen LogP) is 1.62. The molecule has 0 radical (unpaired) electrons. The van der Waals surface area contributed by atoms with E-state index in [1.54, 1.807) is 16.9 Å². The zero-order valence-electron chi connectivity index (χ0n) is 12.6. The molecule has 0 saturated carbocycles. The highest BCUT2D eigenvalue weighted by Gasteiger charge is 2.29. The van der Waals surface area contributed by atoms with Crippen LogP contribution >= 0.6 is 0 Å². The summed E-state index contributed by atoms with van der Waals surface area (Å²) in [6, 6.07) is 1.99. The highest BCUT2D eigenvalue weighted by Crippen LogP contribution is 2.21. The second kappa shape index (κ2) is 5.71. The van der Waals surface area contributed by atoms with E-state index in [0.29, 0.717) is 5.69 Å². The van der Waals surface area contributed by atoms with Crippen molar-refractivity contribution in [3.8, 4) is 0 Å². The van der Waals surface area contributed by atoms with Crippen molar-refractivity contribution < 1.29 is 4.79 Å². The summed E-state index contributed by atoms with van der Waals surface area (Å²) in [6.07, 6.45) is 8.82. The lowest BCUT2D eigenvalue weighted by Crippen LogP contribution is -2.46. The highest BCUT2D eigenvalue weighted by atomic mass is 16.2. The smallest absolute Gasteiger partial charge is 0.272 e. The summed E-state index contributed by atoms with van der Waals surface area (Å²) in [6.45, 7) is 3.61. The number of carbonyl (C=O) groups is 1. The summed E-state index contributed by atoms with van der Waals surface area (Å²) in [7, 11) is 1.81. The molecule has 112 valence electrons. The zero-order chi connectivity index (χ0) is 14.8. The van der Waals surface area contributed by atoms with Crippen LogP contribution in [0.1, 0.15) is 35.3 Å². The van der Waals surface area contributed by atoms with E-state index in [-0.39, 0.29) is 11.9 Å². The van der Waals surface area contributed by atoms with E-state index >= 15 is 0 Å². The molecule has 1 fully saturated rings. The van der Waals surface area contributed by atoms with Crippen LogP contribution in [0.15, 0.2) is 24.7 Å². The van der Waals surface area contributed by atoms with Gasteiger partial charge in [-0.3, -0.25) is 14.2 Å². The van der Waals surface area contributed by atoms with Gasteiger partial charge in [-0.2, -0.15) is 10.2 Å². The van der Waals surface area contributed by atoms with Crippen LogP contribution in [0.2, 0.25) is 0 Å². The molecule has 1 aliphatic heterocycles. The van der Waals surface area contributed by atoms with Crippen molar-refractivity contribution in [1.82, 2.24) is 24.5 Å². The van der Waals surface area contributed by atoms with E-state index in [1.165, 1.54) is 6.42 Å². The molecule has 6 heteroatoms. The van der Waals surface area contributed by atoms with Gasteiger partial charge in [0.15, 0.2) is 0 Å². The van der Waals surface area contributed by atoms with Crippen LogP contribution in [-0.2, 0) is 13.6 Å². The number of rotatable bonds is 3. The minimum Gasteiger partial charge on any atom is -0.332 e. The topological polar surface area (TPSA) is 56.0 Å². The van der Waals surface area contributed by atoms with Crippen LogP contribution in [0.3, 0.4) is 0 Å². The van der Waals surface area contributed by atoms with Crippen LogP contribution in [0.4, 0.5) is 0 Å². The SMILES string of the molecule is Cc1cnn(C[C@@H]2CCCCN2C(=O)c2ccnn2C)c1. The fourth-order valence-corrected chi connectivity index (χ4v) is 2.97. The van der Waals surface area contributed by atoms with E-state index in [1.807, 2.05) is 35.9 Å². The first kappa shape index (κ1) is 13.9. The third-order valence-corrected chi connectivity index (χ3v) is 4.09. The van der Waals surface area contributed by atoms with Gasteiger partial charge in [0.2, 0.25) is 0 Å². The Labute approximate surface area is 124 Å². The number of likely N-dealkylation sites (tertiary alicyclic amines) is 1. The zero-order valence-corrected chi connectivity index (χ0v) is 12.6. The summed E-state index contributed by atoms with van der Waals surface area (Å²) in [5.74, 6) is 0.0728. The first-order valence-electron chi connectivity index (χ1n) is 7.43. The minimum atomic E-state index is 0.0728. The highest BCUT2D eigenvalue weighted by molar-refractivity contribution is 5.92. The summed E-state index contributed by atoms with van der Waals surface area (Å²) < 4.78 is 3.58. The second-order valence-electron chi connectivity index (χ2n) is 5.73. The maximum absolute atomic E-state index is 12.7. The van der Waals surface area contributed by atoms with Gasteiger partial charge >= 0.3 is 0 Å². The van der Waals surface area contributed by atoms with Crippen molar-refractivity contribution in [3.05, 3.63) is 35.9 Å². The molecule has 2 aromatic rings. The Morgan fingerprint density at radius 1 is 1.38 bits per heavy atom. The molecule has 1 saturated heterocycles. The van der Waals surface area contributed by atoms with Crippen molar-refractivity contribution in [2.45, 2.75) is 38.8 Å². The molecular weight excluding hydrogens is 266 g/mol. The molecule has 0 aliphatic carbocycles. The van der Waals surface area contributed by atoms with Gasteiger partial charge in [-0.05, 0) is 37.8 Å². The molecule has 1 aliphatic rings. The Morgan fingerprint density at radius 2 is 2.24 bits per heavy atom. The van der Waals surface area contributed by atoms with Crippen molar-refractivity contribution in [2.24, 2.45) is 7.05 Å². The summed E-state index contributed by atoms with van der Waals surface area (Å²) in [5.41, 5.74) is 1.80. The molecule has 0 N–H and O–H groups in total. The van der Waals surface area contributed by atoms with Gasteiger partial charge in [0.05, 0.1) is 18.8 Å². The molecule has 3 rings (SSSR count). The quantitative estimate of drug-likeness (QED) is 0.862. The normalized spacial score (nSPS) is 19.0. The molecular formula is C15H21N5O. The van der Waals surface area contributed by atoms with Gasteiger partial charge < -0.3 is 4.90 Å². The minimum absolute atomic E-state index is 0.0728. The lowest BCUT2D eigenvalue weighted by molar-refractivity contribution is 0.0572. The van der Waals surface area contributed by atoms with Crippen molar-refractivity contribution in [2.75, 3.05) is 6.54 Å². The maximum atomic E-state index is 12.7. The second-order valence-corrected chi connectivity index (χ2v) is 5.73. The standard InChI is InChI=1S/C15H21N5O/c1-12-9-17-19(10-12)11-13-5-3-4-8-20(13)15(21)14-6-7-16-18(14)2/h6-7,9-10,13H,3-5,8,11H2,1-2H3/t13-/m0/s1. The number of aromatic nitrogens is 4. The largest absolute Gasteiger partial charge is 0.332 e. The van der Waals surface area contributed by atoms with Crippen molar-refractivity contribution >= 4 is 5.91 Å². The predicted molar refractivity (Wildman–Crippen MR) is 78.8 cm³/mol. The molecule has 6 nitrogen and oxygen atoms in total. The first-order chi connectivity index (χ1) is 10.1. The monoisotopic (exact) mass is 287 g/mol. The van der Waals surface area contributed by atoms with E-state index in [9.17, 15) is 4.79 Å². The van der Waals surface area contributed by atoms with Crippen LogP contribution in [0, 0.1) is 6.92 Å². The molecule has 1 atom stereocenters. The van der Waals surface area contributed by atoms with Gasteiger partial charge in [0.1, 0.15) is 5.69 Å². The van der Waals surface area contributed by atoms with Crippen molar-refractivity contribution in [3.63, 3.8) is 0 Å². The number of carbonyl (C=O) groups excluding carboxylic acids is 1. The Hall–Kier alpha value is -2.11. The molecule has 0 aromatic carbocycles. The van der Waals surface area contributed by atoms with Crippen LogP contribution in [0.25, 0.3) is 0 Å². The van der Waals surface area contributed by atoms with Gasteiger partial charge in [-0.15, -0.1) is 0 Å². The maximum Gasteiger partial charge on any atom is 0.272 e. The fraction of sp³-hybridized carbons (Fsp3) is 0.533. The molecule has 2 aromatic heterocycles. The van der Waals surface area contributed by atoms with E-state index < -0.39 is 0 Å².